The van der Waals surface area contributed by atoms with Crippen LogP contribution in [0, 0.1) is 0 Å². The van der Waals surface area contributed by atoms with Crippen LogP contribution in [0.25, 0.3) is 0 Å². The monoisotopic (exact) mass is 268 g/mol. The first-order chi connectivity index (χ1) is 7.00. The Bertz CT molecular complexity index is 413. The SMILES string of the molecule is CC1(NC(=O)c2ccc(N)c(Br)c2)CC1. The van der Waals surface area contributed by atoms with Crippen LogP contribution in [0.3, 0.4) is 0 Å². The molecule has 0 saturated heterocycles. The quantitative estimate of drug-likeness (QED) is 0.809. The van der Waals surface area contributed by atoms with E-state index in [2.05, 4.69) is 28.2 Å². The molecule has 0 aliphatic heterocycles. The van der Waals surface area contributed by atoms with Gasteiger partial charge in [0.15, 0.2) is 0 Å². The van der Waals surface area contributed by atoms with E-state index in [4.69, 9.17) is 5.73 Å². The maximum Gasteiger partial charge on any atom is 0.251 e. The van der Waals surface area contributed by atoms with Crippen molar-refractivity contribution >= 4 is 27.5 Å². The lowest BCUT2D eigenvalue weighted by Gasteiger charge is -2.11. The summed E-state index contributed by atoms with van der Waals surface area (Å²) in [5, 5.41) is 2.99. The highest BCUT2D eigenvalue weighted by Crippen LogP contribution is 2.34. The lowest BCUT2D eigenvalue weighted by atomic mass is 10.2. The molecule has 2 rings (SSSR count). The predicted octanol–water partition coefficient (Wildman–Crippen LogP) is 2.31. The molecule has 1 aliphatic rings. The molecule has 1 aliphatic carbocycles. The molecular weight excluding hydrogens is 256 g/mol. The zero-order chi connectivity index (χ0) is 11.1. The van der Waals surface area contributed by atoms with Crippen LogP contribution in [0.5, 0.6) is 0 Å². The van der Waals surface area contributed by atoms with Gasteiger partial charge in [-0.3, -0.25) is 4.79 Å². The number of nitrogen functional groups attached to an aromatic ring is 1. The summed E-state index contributed by atoms with van der Waals surface area (Å²) >= 11 is 3.30. The summed E-state index contributed by atoms with van der Waals surface area (Å²) in [6.45, 7) is 2.05. The molecule has 0 radical (unpaired) electrons. The average molecular weight is 269 g/mol. The van der Waals surface area contributed by atoms with Crippen molar-refractivity contribution in [2.24, 2.45) is 0 Å². The van der Waals surface area contributed by atoms with Crippen molar-refractivity contribution in [1.29, 1.82) is 0 Å². The molecule has 0 spiro atoms. The lowest BCUT2D eigenvalue weighted by molar-refractivity contribution is 0.0935. The first-order valence-electron chi connectivity index (χ1n) is 4.88. The Morgan fingerprint density at radius 1 is 1.53 bits per heavy atom. The topological polar surface area (TPSA) is 55.1 Å². The Morgan fingerprint density at radius 3 is 2.73 bits per heavy atom. The number of hydrogen-bond donors (Lipinski definition) is 2. The predicted molar refractivity (Wildman–Crippen MR) is 63.7 cm³/mol. The van der Waals surface area contributed by atoms with E-state index >= 15 is 0 Å². The number of anilines is 1. The molecule has 1 aromatic rings. The third-order valence-corrected chi connectivity index (χ3v) is 3.36. The average Bonchev–Trinajstić information content (AvgIpc) is 2.88. The number of nitrogens with one attached hydrogen (secondary N) is 1. The van der Waals surface area contributed by atoms with Crippen LogP contribution in [-0.4, -0.2) is 11.4 Å². The first kappa shape index (κ1) is 10.5. The number of amides is 1. The third kappa shape index (κ3) is 2.31. The Morgan fingerprint density at radius 2 is 2.20 bits per heavy atom. The molecule has 0 heterocycles. The van der Waals surface area contributed by atoms with Gasteiger partial charge in [-0.1, -0.05) is 0 Å². The highest BCUT2D eigenvalue weighted by atomic mass is 79.9. The van der Waals surface area contributed by atoms with Gasteiger partial charge in [0.1, 0.15) is 0 Å². The highest BCUT2D eigenvalue weighted by molar-refractivity contribution is 9.10. The molecule has 0 aromatic heterocycles. The van der Waals surface area contributed by atoms with Crippen LogP contribution in [0.2, 0.25) is 0 Å². The molecule has 0 atom stereocenters. The number of carbonyl (C=O) groups excluding carboxylic acids is 1. The summed E-state index contributed by atoms with van der Waals surface area (Å²) in [6.07, 6.45) is 2.13. The summed E-state index contributed by atoms with van der Waals surface area (Å²) in [5.41, 5.74) is 6.95. The van der Waals surface area contributed by atoms with E-state index in [1.807, 2.05) is 0 Å². The smallest absolute Gasteiger partial charge is 0.251 e. The molecule has 1 saturated carbocycles. The summed E-state index contributed by atoms with van der Waals surface area (Å²) in [4.78, 5) is 11.8. The molecular formula is C11H13BrN2O. The van der Waals surface area contributed by atoms with Gasteiger partial charge in [0.05, 0.1) is 0 Å². The van der Waals surface area contributed by atoms with E-state index in [0.717, 1.165) is 17.3 Å². The second-order valence-electron chi connectivity index (χ2n) is 4.25. The fraction of sp³-hybridized carbons (Fsp3) is 0.364. The molecule has 1 aromatic carbocycles. The maximum atomic E-state index is 11.8. The Balaban J connectivity index is 2.15. The molecule has 80 valence electrons. The van der Waals surface area contributed by atoms with Crippen molar-refractivity contribution in [2.75, 3.05) is 5.73 Å². The van der Waals surface area contributed by atoms with Gasteiger partial charge in [0.2, 0.25) is 0 Å². The third-order valence-electron chi connectivity index (χ3n) is 2.68. The summed E-state index contributed by atoms with van der Waals surface area (Å²) in [5.74, 6) is -0.0318. The fourth-order valence-electron chi connectivity index (χ4n) is 1.33. The minimum Gasteiger partial charge on any atom is -0.398 e. The van der Waals surface area contributed by atoms with Gasteiger partial charge in [-0.15, -0.1) is 0 Å². The summed E-state index contributed by atoms with van der Waals surface area (Å²) < 4.78 is 0.760. The molecule has 15 heavy (non-hydrogen) atoms. The van der Waals surface area contributed by atoms with E-state index < -0.39 is 0 Å². The summed E-state index contributed by atoms with van der Waals surface area (Å²) in [7, 11) is 0. The van der Waals surface area contributed by atoms with Crippen molar-refractivity contribution in [2.45, 2.75) is 25.3 Å². The molecule has 1 fully saturated rings. The zero-order valence-electron chi connectivity index (χ0n) is 8.51. The van der Waals surface area contributed by atoms with E-state index in [9.17, 15) is 4.79 Å². The number of nitrogens with two attached hydrogens (primary N) is 1. The number of rotatable bonds is 2. The normalized spacial score (nSPS) is 17.2. The van der Waals surface area contributed by atoms with Crippen LogP contribution < -0.4 is 11.1 Å². The van der Waals surface area contributed by atoms with Crippen molar-refractivity contribution < 1.29 is 4.79 Å². The number of halogens is 1. The van der Waals surface area contributed by atoms with Gasteiger partial charge in [-0.2, -0.15) is 0 Å². The van der Waals surface area contributed by atoms with Crippen molar-refractivity contribution in [3.63, 3.8) is 0 Å². The lowest BCUT2D eigenvalue weighted by Crippen LogP contribution is -2.34. The van der Waals surface area contributed by atoms with Crippen molar-refractivity contribution in [3.05, 3.63) is 28.2 Å². The molecule has 3 N–H and O–H groups in total. The van der Waals surface area contributed by atoms with E-state index in [1.165, 1.54) is 0 Å². The van der Waals surface area contributed by atoms with Crippen molar-refractivity contribution in [3.8, 4) is 0 Å². The minimum absolute atomic E-state index is 0.0188. The Labute approximate surface area is 97.2 Å². The number of carbonyl (C=O) groups is 1. The Kier molecular flexibility index (Phi) is 2.46. The Hall–Kier alpha value is -1.03. The van der Waals surface area contributed by atoms with Gasteiger partial charge in [0.25, 0.3) is 5.91 Å². The van der Waals surface area contributed by atoms with Crippen molar-refractivity contribution in [1.82, 2.24) is 5.32 Å². The largest absolute Gasteiger partial charge is 0.398 e. The number of benzene rings is 1. The molecule has 4 heteroatoms. The summed E-state index contributed by atoms with van der Waals surface area (Å²) in [6, 6.07) is 5.21. The zero-order valence-corrected chi connectivity index (χ0v) is 10.1. The van der Waals surface area contributed by atoms with Crippen LogP contribution in [0.4, 0.5) is 5.69 Å². The molecule has 0 unspecified atom stereocenters. The standard InChI is InChI=1S/C11H13BrN2O/c1-11(4-5-11)14-10(15)7-2-3-9(13)8(12)6-7/h2-3,6H,4-5,13H2,1H3,(H,14,15). The van der Waals surface area contributed by atoms with Gasteiger partial charge < -0.3 is 11.1 Å². The maximum absolute atomic E-state index is 11.8. The van der Waals surface area contributed by atoms with E-state index in [-0.39, 0.29) is 11.4 Å². The van der Waals surface area contributed by atoms with Gasteiger partial charge in [0, 0.05) is 21.3 Å². The molecule has 3 nitrogen and oxygen atoms in total. The molecule has 0 bridgehead atoms. The fourth-order valence-corrected chi connectivity index (χ4v) is 1.71. The highest BCUT2D eigenvalue weighted by Gasteiger charge is 2.38. The van der Waals surface area contributed by atoms with Gasteiger partial charge in [-0.05, 0) is 53.9 Å². The minimum atomic E-state index is -0.0318. The number of hydrogen-bond acceptors (Lipinski definition) is 2. The molecule has 1 amide bonds. The van der Waals surface area contributed by atoms with Gasteiger partial charge >= 0.3 is 0 Å². The second-order valence-corrected chi connectivity index (χ2v) is 5.11. The van der Waals surface area contributed by atoms with Crippen LogP contribution in [0.1, 0.15) is 30.1 Å². The first-order valence-corrected chi connectivity index (χ1v) is 5.67. The van der Waals surface area contributed by atoms with Crippen LogP contribution >= 0.6 is 15.9 Å². The van der Waals surface area contributed by atoms with Gasteiger partial charge in [-0.25, -0.2) is 0 Å². The van der Waals surface area contributed by atoms with E-state index in [1.54, 1.807) is 18.2 Å². The van der Waals surface area contributed by atoms with Crippen LogP contribution in [0.15, 0.2) is 22.7 Å². The van der Waals surface area contributed by atoms with E-state index in [0.29, 0.717) is 11.3 Å². The second kappa shape index (κ2) is 3.52. The van der Waals surface area contributed by atoms with Crippen LogP contribution in [-0.2, 0) is 0 Å².